The van der Waals surface area contributed by atoms with Gasteiger partial charge in [0.1, 0.15) is 55.6 Å². The van der Waals surface area contributed by atoms with Gasteiger partial charge in [-0.1, -0.05) is 129 Å². The van der Waals surface area contributed by atoms with Crippen LogP contribution in [0.1, 0.15) is 284 Å². The highest BCUT2D eigenvalue weighted by molar-refractivity contribution is 5.87. The second kappa shape index (κ2) is 81.0. The Labute approximate surface area is 683 Å². The average molecular weight is 1650 g/mol. The number of amides is 5. The van der Waals surface area contributed by atoms with E-state index >= 15 is 0 Å². The SMILES string of the molecule is CCCNC(=O)COCCOCCCC(=O)COCCOCCNC(=O)CC[C@H](CC(=O)CCCCCCCCCCCCC(=O)O)C(=O)O.CCC[C@H](NC)C(=O)CC[C@@H](CCCCNC(=O)COCCOCCNC(=O)COCCOCCCC(=O)CC[C@H](NC(=O)CCCCCCCCCCCCC(=O)O)C(=O)O)C(C)=O. The highest BCUT2D eigenvalue weighted by atomic mass is 16.5. The van der Waals surface area contributed by atoms with E-state index in [1.54, 1.807) is 14.0 Å². The Morgan fingerprint density at radius 3 is 1.13 bits per heavy atom. The molecule has 0 aliphatic rings. The van der Waals surface area contributed by atoms with Crippen LogP contribution in [0, 0.1) is 11.8 Å². The summed E-state index contributed by atoms with van der Waals surface area (Å²) < 4.78 is 42.8. The van der Waals surface area contributed by atoms with Crippen molar-refractivity contribution in [3.63, 3.8) is 0 Å². The molecule has 10 N–H and O–H groups in total. The van der Waals surface area contributed by atoms with E-state index in [0.717, 1.165) is 148 Å². The van der Waals surface area contributed by atoms with Gasteiger partial charge in [0.15, 0.2) is 5.78 Å². The number of rotatable bonds is 86. The number of aliphatic carboxylic acids is 4. The lowest BCUT2D eigenvalue weighted by molar-refractivity contribution is -0.144. The van der Waals surface area contributed by atoms with E-state index in [0.29, 0.717) is 97.3 Å². The smallest absolute Gasteiger partial charge is 0.326 e. The van der Waals surface area contributed by atoms with E-state index in [1.165, 1.54) is 0 Å². The number of Topliss-reactive ketones (excluding diaryl/α,β-unsaturated/α-hetero) is 5. The van der Waals surface area contributed by atoms with Crippen molar-refractivity contribution >= 4 is 82.3 Å². The van der Waals surface area contributed by atoms with Gasteiger partial charge >= 0.3 is 23.9 Å². The number of carboxylic acids is 4. The van der Waals surface area contributed by atoms with Gasteiger partial charge in [-0.2, -0.15) is 0 Å². The molecule has 0 heterocycles. The minimum atomic E-state index is -1.17. The standard InChI is InChI=1S/C47H84N4O14.C36H64N2O12/c1-4-18-40(48-3)42(54)26-23-38(37(2)52)19-15-16-27-49-44(56)35-65-34-32-63-30-28-50-45(57)36-64-33-31-62-29-17-20-39(53)24-25-41(47(60)61)51-43(55)21-13-11-9-7-5-6-8-10-12-14-22-46(58)59;1-2-19-37-34(42)29-50-26-23-47-21-13-15-32(40)28-49-25-24-48-22-20-38-33(41)18-17-30(36(45)46)27-31(39)14-11-9-7-5-3-4-6-8-10-12-16-35(43)44/h38,40-41,48H,4-36H2,1-3H3,(H,49,56)(H,50,57)(H,51,55)(H,58,59)(H,60,61);30H,2-29H2,1H3,(H,37,42)(H,38,41)(H,43,44)(H,45,46)/t38-,40+,41+;30-/m11/s1. The summed E-state index contributed by atoms with van der Waals surface area (Å²) in [4.78, 5) is 165. The van der Waals surface area contributed by atoms with Gasteiger partial charge in [0.05, 0.1) is 78.0 Å². The number of unbranched alkanes of at least 4 members (excludes halogenated alkanes) is 19. The Hall–Kier alpha value is -6.78. The lowest BCUT2D eigenvalue weighted by atomic mass is 9.90. The Morgan fingerprint density at radius 1 is 0.287 bits per heavy atom. The van der Waals surface area contributed by atoms with Crippen LogP contribution in [0.15, 0.2) is 0 Å². The first-order chi connectivity index (χ1) is 55.4. The first kappa shape index (κ1) is 110. The van der Waals surface area contributed by atoms with Crippen LogP contribution in [0.3, 0.4) is 0 Å². The van der Waals surface area contributed by atoms with Crippen molar-refractivity contribution in [3.05, 3.63) is 0 Å². The van der Waals surface area contributed by atoms with Crippen molar-refractivity contribution in [2.75, 3.05) is 139 Å². The summed E-state index contributed by atoms with van der Waals surface area (Å²) in [5.41, 5.74) is 0. The molecule has 5 amide bonds. The topological polar surface area (TPSA) is 466 Å². The molecule has 0 spiro atoms. The van der Waals surface area contributed by atoms with Gasteiger partial charge in [-0.05, 0) is 97.4 Å². The third-order valence-electron chi connectivity index (χ3n) is 18.6. The monoisotopic (exact) mass is 1650 g/mol. The molecule has 0 radical (unpaired) electrons. The summed E-state index contributed by atoms with van der Waals surface area (Å²) in [5.74, 6) is -6.15. The molecule has 666 valence electrons. The number of nitrogens with one attached hydrogen (secondary N) is 6. The Kier molecular flexibility index (Phi) is 77.7. The van der Waals surface area contributed by atoms with Crippen molar-refractivity contribution in [2.45, 2.75) is 296 Å². The Bertz CT molecular complexity index is 2600. The maximum Gasteiger partial charge on any atom is 0.326 e. The minimum absolute atomic E-state index is 0.00305. The maximum absolute atomic E-state index is 12.4. The normalized spacial score (nSPS) is 12.1. The first-order valence-corrected chi connectivity index (χ1v) is 42.6. The molecular weight excluding hydrogens is 1500 g/mol. The van der Waals surface area contributed by atoms with Gasteiger partial charge in [0, 0.05) is 110 Å². The molecule has 4 atom stereocenters. The number of hydrogen-bond acceptors (Lipinski definition) is 23. The molecule has 0 bridgehead atoms. The van der Waals surface area contributed by atoms with Crippen LogP contribution in [0.4, 0.5) is 0 Å². The second-order valence-electron chi connectivity index (χ2n) is 29.0. The first-order valence-electron chi connectivity index (χ1n) is 42.6. The maximum atomic E-state index is 12.4. The third kappa shape index (κ3) is 78.2. The molecule has 0 aromatic carbocycles. The molecule has 0 aromatic rings. The second-order valence-corrected chi connectivity index (χ2v) is 29.0. The van der Waals surface area contributed by atoms with Crippen LogP contribution < -0.4 is 31.9 Å². The number of ether oxygens (including phenoxy) is 8. The van der Waals surface area contributed by atoms with Gasteiger partial charge < -0.3 is 90.2 Å². The van der Waals surface area contributed by atoms with E-state index in [4.69, 9.17) is 48.1 Å². The fourth-order valence-corrected chi connectivity index (χ4v) is 11.9. The van der Waals surface area contributed by atoms with Crippen LogP contribution in [-0.4, -0.2) is 254 Å². The highest BCUT2D eigenvalue weighted by Gasteiger charge is 2.24. The van der Waals surface area contributed by atoms with E-state index in [9.17, 15) is 77.3 Å². The highest BCUT2D eigenvalue weighted by Crippen LogP contribution is 2.20. The Morgan fingerprint density at radius 2 is 0.687 bits per heavy atom. The third-order valence-corrected chi connectivity index (χ3v) is 18.6. The molecule has 32 heteroatoms. The summed E-state index contributed by atoms with van der Waals surface area (Å²) in [6.07, 6.45) is 27.9. The summed E-state index contributed by atoms with van der Waals surface area (Å²) in [5, 5.41) is 52.8. The fraction of sp³-hybridized carbons (Fsp3) is 0.831. The number of likely N-dealkylation sites (N-methyl/N-ethyl adjacent to an activating group) is 1. The quantitative estimate of drug-likeness (QED) is 0.0254. The van der Waals surface area contributed by atoms with Crippen molar-refractivity contribution in [3.8, 4) is 0 Å². The predicted octanol–water partition coefficient (Wildman–Crippen LogP) is 9.11. The molecule has 0 saturated heterocycles. The zero-order valence-corrected chi connectivity index (χ0v) is 70.2. The fourth-order valence-electron chi connectivity index (χ4n) is 11.9. The van der Waals surface area contributed by atoms with Crippen LogP contribution in [0.25, 0.3) is 0 Å². The molecule has 0 unspecified atom stereocenters. The number of carbonyl (C=O) groups is 14. The van der Waals surface area contributed by atoms with Crippen LogP contribution >= 0.6 is 0 Å². The molecule has 115 heavy (non-hydrogen) atoms. The predicted molar refractivity (Wildman–Crippen MR) is 432 cm³/mol. The van der Waals surface area contributed by atoms with Gasteiger partial charge in [0.2, 0.25) is 29.5 Å². The molecule has 0 rings (SSSR count). The van der Waals surface area contributed by atoms with Gasteiger partial charge in [-0.3, -0.25) is 62.3 Å². The molecule has 0 aliphatic carbocycles. The van der Waals surface area contributed by atoms with E-state index in [2.05, 4.69) is 31.9 Å². The average Bonchev–Trinajstić information content (AvgIpc) is 0.937. The number of hydrogen-bond donors (Lipinski definition) is 10. The van der Waals surface area contributed by atoms with Gasteiger partial charge in [0.25, 0.3) is 0 Å². The summed E-state index contributed by atoms with van der Waals surface area (Å²) in [7, 11) is 1.78. The van der Waals surface area contributed by atoms with Crippen molar-refractivity contribution in [1.29, 1.82) is 0 Å². The van der Waals surface area contributed by atoms with Gasteiger partial charge in [-0.15, -0.1) is 0 Å². The minimum Gasteiger partial charge on any atom is -0.481 e. The summed E-state index contributed by atoms with van der Waals surface area (Å²) in [6.45, 7) is 10.1. The number of carbonyl (C=O) groups excluding carboxylic acids is 10. The largest absolute Gasteiger partial charge is 0.481 e. The van der Waals surface area contributed by atoms with Crippen LogP contribution in [0.2, 0.25) is 0 Å². The molecule has 32 nitrogen and oxygen atoms in total. The zero-order valence-electron chi connectivity index (χ0n) is 70.2. The lowest BCUT2D eigenvalue weighted by Crippen LogP contribution is -2.41. The molecular formula is C83H148N6O26. The van der Waals surface area contributed by atoms with Crippen LogP contribution in [0.5, 0.6) is 0 Å². The van der Waals surface area contributed by atoms with Gasteiger partial charge in [-0.25, -0.2) is 4.79 Å². The van der Waals surface area contributed by atoms with E-state index in [-0.39, 0.29) is 221 Å². The van der Waals surface area contributed by atoms with Crippen LogP contribution in [-0.2, 0) is 105 Å². The summed E-state index contributed by atoms with van der Waals surface area (Å²) in [6, 6.07) is -1.28. The van der Waals surface area contributed by atoms with Crippen molar-refractivity contribution in [1.82, 2.24) is 31.9 Å². The molecule has 0 aliphatic heterocycles. The zero-order chi connectivity index (χ0) is 85.4. The van der Waals surface area contributed by atoms with E-state index < -0.39 is 35.8 Å². The van der Waals surface area contributed by atoms with Crippen molar-refractivity contribution in [2.24, 2.45) is 11.8 Å². The Balaban J connectivity index is 0. The lowest BCUT2D eigenvalue weighted by Gasteiger charge is -2.17. The van der Waals surface area contributed by atoms with Crippen molar-refractivity contribution < 1.29 is 125 Å². The molecule has 0 saturated carbocycles. The molecule has 0 aromatic heterocycles. The molecule has 0 fully saturated rings. The number of ketones is 5. The number of carboxylic acid groups (broad SMARTS) is 4. The summed E-state index contributed by atoms with van der Waals surface area (Å²) >= 11 is 0. The van der Waals surface area contributed by atoms with E-state index in [1.807, 2.05) is 13.8 Å².